The van der Waals surface area contributed by atoms with Crippen molar-refractivity contribution in [3.8, 4) is 0 Å². The van der Waals surface area contributed by atoms with Gasteiger partial charge in [-0.2, -0.15) is 0 Å². The number of carbonyl (C=O) groups is 1. The van der Waals surface area contributed by atoms with Gasteiger partial charge >= 0.3 is 5.97 Å². The van der Waals surface area contributed by atoms with Gasteiger partial charge in [0, 0.05) is 36.2 Å². The molecule has 21 heavy (non-hydrogen) atoms. The predicted molar refractivity (Wildman–Crippen MR) is 81.0 cm³/mol. The Labute approximate surface area is 122 Å². The molecule has 0 aliphatic carbocycles. The molecule has 0 fully saturated rings. The van der Waals surface area contributed by atoms with Crippen molar-refractivity contribution < 1.29 is 9.53 Å². The van der Waals surface area contributed by atoms with Gasteiger partial charge in [-0.05, 0) is 29.8 Å². The predicted octanol–water partition coefficient (Wildman–Crippen LogP) is 2.45. The molecule has 3 rings (SSSR count). The van der Waals surface area contributed by atoms with E-state index in [0.717, 1.165) is 16.5 Å². The molecule has 0 amide bonds. The van der Waals surface area contributed by atoms with Gasteiger partial charge in [-0.3, -0.25) is 4.98 Å². The van der Waals surface area contributed by atoms with Crippen LogP contribution in [0.15, 0.2) is 48.9 Å². The first kappa shape index (κ1) is 13.2. The number of pyridine rings is 1. The highest BCUT2D eigenvalue weighted by molar-refractivity contribution is 6.00. The number of nitrogens with zero attached hydrogens (tertiary/aromatic N) is 2. The van der Waals surface area contributed by atoms with Crippen LogP contribution in [0.1, 0.15) is 15.9 Å². The van der Waals surface area contributed by atoms with E-state index >= 15 is 0 Å². The largest absolute Gasteiger partial charge is 0.465 e. The highest BCUT2D eigenvalue weighted by Crippen LogP contribution is 2.25. The molecule has 0 radical (unpaired) electrons. The fourth-order valence-corrected chi connectivity index (χ4v) is 2.39. The van der Waals surface area contributed by atoms with Gasteiger partial charge in [-0.15, -0.1) is 0 Å². The van der Waals surface area contributed by atoms with Gasteiger partial charge in [0.05, 0.1) is 18.2 Å². The van der Waals surface area contributed by atoms with Gasteiger partial charge in [0.2, 0.25) is 0 Å². The number of anilines is 1. The third-order valence-corrected chi connectivity index (χ3v) is 3.42. The van der Waals surface area contributed by atoms with E-state index in [4.69, 9.17) is 10.5 Å². The van der Waals surface area contributed by atoms with Gasteiger partial charge in [0.1, 0.15) is 0 Å². The van der Waals surface area contributed by atoms with E-state index in [1.165, 1.54) is 7.11 Å². The molecule has 0 bridgehead atoms. The Morgan fingerprint density at radius 3 is 2.95 bits per heavy atom. The standard InChI is InChI=1S/C16H15N3O2/c1-21-16(20)12-7-14(17)13-4-6-19(15(13)8-12)10-11-3-2-5-18-9-11/h2-9H,10,17H2,1H3. The molecule has 0 unspecified atom stereocenters. The van der Waals surface area contributed by atoms with E-state index in [-0.39, 0.29) is 0 Å². The molecule has 106 valence electrons. The normalized spacial score (nSPS) is 10.7. The maximum Gasteiger partial charge on any atom is 0.337 e. The highest BCUT2D eigenvalue weighted by Gasteiger charge is 2.12. The summed E-state index contributed by atoms with van der Waals surface area (Å²) in [6.45, 7) is 0.668. The minimum atomic E-state index is -0.391. The van der Waals surface area contributed by atoms with E-state index in [0.29, 0.717) is 17.8 Å². The van der Waals surface area contributed by atoms with Gasteiger partial charge in [0.15, 0.2) is 0 Å². The Hall–Kier alpha value is -2.82. The average molecular weight is 281 g/mol. The molecular weight excluding hydrogens is 266 g/mol. The van der Waals surface area contributed by atoms with Crippen molar-refractivity contribution in [3.05, 3.63) is 60.0 Å². The van der Waals surface area contributed by atoms with Crippen LogP contribution in [0.3, 0.4) is 0 Å². The molecule has 5 heteroatoms. The van der Waals surface area contributed by atoms with Crippen LogP contribution in [0.25, 0.3) is 10.9 Å². The molecule has 0 aliphatic rings. The first-order chi connectivity index (χ1) is 10.2. The Morgan fingerprint density at radius 1 is 1.38 bits per heavy atom. The number of ether oxygens (including phenoxy) is 1. The number of aromatic nitrogens is 2. The van der Waals surface area contributed by atoms with Crippen LogP contribution in [0, 0.1) is 0 Å². The smallest absolute Gasteiger partial charge is 0.337 e. The first-order valence-electron chi connectivity index (χ1n) is 6.54. The number of carbonyl (C=O) groups excluding carboxylic acids is 1. The van der Waals surface area contributed by atoms with Crippen molar-refractivity contribution in [1.29, 1.82) is 0 Å². The molecule has 0 saturated heterocycles. The van der Waals surface area contributed by atoms with E-state index in [9.17, 15) is 4.79 Å². The van der Waals surface area contributed by atoms with Gasteiger partial charge < -0.3 is 15.0 Å². The molecule has 2 N–H and O–H groups in total. The Kier molecular flexibility index (Phi) is 3.31. The maximum absolute atomic E-state index is 11.7. The second-order valence-corrected chi connectivity index (χ2v) is 4.79. The number of esters is 1. The minimum absolute atomic E-state index is 0.391. The van der Waals surface area contributed by atoms with Crippen molar-refractivity contribution in [2.75, 3.05) is 12.8 Å². The van der Waals surface area contributed by atoms with Crippen LogP contribution in [-0.4, -0.2) is 22.6 Å². The molecule has 0 saturated carbocycles. The Balaban J connectivity index is 2.07. The summed E-state index contributed by atoms with van der Waals surface area (Å²) >= 11 is 0. The quantitative estimate of drug-likeness (QED) is 0.591. The fourth-order valence-electron chi connectivity index (χ4n) is 2.39. The minimum Gasteiger partial charge on any atom is -0.465 e. The molecule has 0 aliphatic heterocycles. The summed E-state index contributed by atoms with van der Waals surface area (Å²) in [5.74, 6) is -0.391. The van der Waals surface area contributed by atoms with Crippen LogP contribution in [0.2, 0.25) is 0 Å². The fraction of sp³-hybridized carbons (Fsp3) is 0.125. The van der Waals surface area contributed by atoms with Crippen LogP contribution in [-0.2, 0) is 11.3 Å². The number of hydrogen-bond acceptors (Lipinski definition) is 4. The maximum atomic E-state index is 11.7. The molecule has 3 aromatic rings. The number of hydrogen-bond donors (Lipinski definition) is 1. The zero-order valence-electron chi connectivity index (χ0n) is 11.6. The molecular formula is C16H15N3O2. The molecule has 0 atom stereocenters. The summed E-state index contributed by atoms with van der Waals surface area (Å²) in [6, 6.07) is 9.29. The van der Waals surface area contributed by atoms with Crippen molar-refractivity contribution >= 4 is 22.6 Å². The molecule has 2 heterocycles. The van der Waals surface area contributed by atoms with Crippen LogP contribution in [0.4, 0.5) is 5.69 Å². The highest BCUT2D eigenvalue weighted by atomic mass is 16.5. The Morgan fingerprint density at radius 2 is 2.24 bits per heavy atom. The second kappa shape index (κ2) is 5.28. The number of nitrogens with two attached hydrogens (primary N) is 1. The van der Waals surface area contributed by atoms with Crippen LogP contribution in [0.5, 0.6) is 0 Å². The topological polar surface area (TPSA) is 70.1 Å². The monoisotopic (exact) mass is 281 g/mol. The van der Waals surface area contributed by atoms with Crippen molar-refractivity contribution in [2.45, 2.75) is 6.54 Å². The zero-order valence-corrected chi connectivity index (χ0v) is 11.6. The average Bonchev–Trinajstić information content (AvgIpc) is 2.91. The van der Waals surface area contributed by atoms with Gasteiger partial charge in [-0.25, -0.2) is 4.79 Å². The lowest BCUT2D eigenvalue weighted by molar-refractivity contribution is 0.0601. The molecule has 5 nitrogen and oxygen atoms in total. The van der Waals surface area contributed by atoms with Gasteiger partial charge in [0.25, 0.3) is 0 Å². The number of methoxy groups -OCH3 is 1. The number of fused-ring (bicyclic) bond motifs is 1. The molecule has 1 aromatic carbocycles. The molecule has 2 aromatic heterocycles. The third kappa shape index (κ3) is 2.45. The SMILES string of the molecule is COC(=O)c1cc(N)c2ccn(Cc3cccnc3)c2c1. The molecule has 0 spiro atoms. The summed E-state index contributed by atoms with van der Waals surface area (Å²) in [4.78, 5) is 15.8. The first-order valence-corrected chi connectivity index (χ1v) is 6.54. The summed E-state index contributed by atoms with van der Waals surface area (Å²) in [7, 11) is 1.36. The summed E-state index contributed by atoms with van der Waals surface area (Å²) in [5.41, 5.74) is 9.03. The van der Waals surface area contributed by atoms with Crippen LogP contribution < -0.4 is 5.73 Å². The zero-order chi connectivity index (χ0) is 14.8. The summed E-state index contributed by atoms with van der Waals surface area (Å²) < 4.78 is 6.80. The van der Waals surface area contributed by atoms with Crippen molar-refractivity contribution in [2.24, 2.45) is 0 Å². The second-order valence-electron chi connectivity index (χ2n) is 4.79. The summed E-state index contributed by atoms with van der Waals surface area (Å²) in [6.07, 6.45) is 5.51. The lowest BCUT2D eigenvalue weighted by Gasteiger charge is -2.08. The number of nitrogen functional groups attached to an aromatic ring is 1. The number of rotatable bonds is 3. The van der Waals surface area contributed by atoms with Crippen molar-refractivity contribution in [1.82, 2.24) is 9.55 Å². The van der Waals surface area contributed by atoms with E-state index in [1.54, 1.807) is 18.3 Å². The van der Waals surface area contributed by atoms with Gasteiger partial charge in [-0.1, -0.05) is 6.07 Å². The lowest BCUT2D eigenvalue weighted by atomic mass is 10.1. The van der Waals surface area contributed by atoms with E-state index in [2.05, 4.69) is 4.98 Å². The summed E-state index contributed by atoms with van der Waals surface area (Å²) in [5, 5.41) is 0.923. The van der Waals surface area contributed by atoms with E-state index in [1.807, 2.05) is 35.2 Å². The lowest BCUT2D eigenvalue weighted by Crippen LogP contribution is -2.04. The van der Waals surface area contributed by atoms with Crippen LogP contribution >= 0.6 is 0 Å². The number of benzene rings is 1. The van der Waals surface area contributed by atoms with Crippen molar-refractivity contribution in [3.63, 3.8) is 0 Å². The third-order valence-electron chi connectivity index (χ3n) is 3.42. The van der Waals surface area contributed by atoms with E-state index < -0.39 is 5.97 Å². The Bertz CT molecular complexity index is 794.